The van der Waals surface area contributed by atoms with E-state index < -0.39 is 0 Å². The highest BCUT2D eigenvalue weighted by Crippen LogP contribution is 2.06. The van der Waals surface area contributed by atoms with Crippen LogP contribution in [0, 0.1) is 5.92 Å². The fourth-order valence-corrected chi connectivity index (χ4v) is 1.92. The second-order valence-electron chi connectivity index (χ2n) is 5.45. The summed E-state index contributed by atoms with van der Waals surface area (Å²) in [7, 11) is 0. The van der Waals surface area contributed by atoms with Gasteiger partial charge in [0, 0.05) is 18.8 Å². The molecule has 0 aliphatic rings. The summed E-state index contributed by atoms with van der Waals surface area (Å²) in [5.41, 5.74) is 1.17. The van der Waals surface area contributed by atoms with Crippen molar-refractivity contribution in [3.63, 3.8) is 0 Å². The summed E-state index contributed by atoms with van der Waals surface area (Å²) in [6.07, 6.45) is 2.83. The van der Waals surface area contributed by atoms with E-state index in [9.17, 15) is 4.79 Å². The first kappa shape index (κ1) is 15.1. The van der Waals surface area contributed by atoms with Gasteiger partial charge in [0.1, 0.15) is 0 Å². The maximum Gasteiger partial charge on any atom is 0.320 e. The van der Waals surface area contributed by atoms with E-state index in [0.717, 1.165) is 6.42 Å². The van der Waals surface area contributed by atoms with Crippen molar-refractivity contribution in [1.82, 2.24) is 15.1 Å². The molecular formula is C16H22N4O. The number of nitrogens with zero attached hydrogens (tertiary/aromatic N) is 2. The molecule has 112 valence electrons. The normalized spacial score (nSPS) is 10.6. The molecule has 5 nitrogen and oxygen atoms in total. The van der Waals surface area contributed by atoms with Crippen LogP contribution >= 0.6 is 0 Å². The average Bonchev–Trinajstić information content (AvgIpc) is 2.86. The van der Waals surface area contributed by atoms with Crippen LogP contribution in [-0.4, -0.2) is 22.4 Å². The molecule has 0 radical (unpaired) electrons. The Hall–Kier alpha value is -2.30. The Kier molecular flexibility index (Phi) is 5.37. The summed E-state index contributed by atoms with van der Waals surface area (Å²) in [4.78, 5) is 11.7. The van der Waals surface area contributed by atoms with Crippen molar-refractivity contribution in [3.8, 4) is 0 Å². The number of amides is 2. The summed E-state index contributed by atoms with van der Waals surface area (Å²) < 4.78 is 1.80. The molecule has 0 spiro atoms. The van der Waals surface area contributed by atoms with E-state index in [4.69, 9.17) is 0 Å². The second-order valence-corrected chi connectivity index (χ2v) is 5.45. The molecule has 2 aromatic rings. The maximum atomic E-state index is 11.7. The standard InChI is InChI=1S/C16H22N4O/c1-13(2)8-10-17-16(21)18-15-9-11-20(19-15)12-14-6-4-3-5-7-14/h3-7,9,11,13H,8,10,12H2,1-2H3,(H2,17,18,19,21). The predicted octanol–water partition coefficient (Wildman–Crippen LogP) is 3.10. The van der Waals surface area contributed by atoms with Crippen LogP contribution in [0.25, 0.3) is 0 Å². The van der Waals surface area contributed by atoms with Crippen LogP contribution in [0.4, 0.5) is 10.6 Å². The Labute approximate surface area is 125 Å². The lowest BCUT2D eigenvalue weighted by Crippen LogP contribution is -2.30. The second kappa shape index (κ2) is 7.47. The van der Waals surface area contributed by atoms with Crippen molar-refractivity contribution in [2.75, 3.05) is 11.9 Å². The van der Waals surface area contributed by atoms with Crippen molar-refractivity contribution in [1.29, 1.82) is 0 Å². The van der Waals surface area contributed by atoms with Crippen LogP contribution in [-0.2, 0) is 6.54 Å². The first-order valence-electron chi connectivity index (χ1n) is 7.25. The number of hydrogen-bond donors (Lipinski definition) is 2. The number of carbonyl (C=O) groups is 1. The van der Waals surface area contributed by atoms with E-state index in [-0.39, 0.29) is 6.03 Å². The highest BCUT2D eigenvalue weighted by atomic mass is 16.2. The van der Waals surface area contributed by atoms with Gasteiger partial charge in [0.15, 0.2) is 5.82 Å². The van der Waals surface area contributed by atoms with E-state index in [0.29, 0.717) is 24.8 Å². The summed E-state index contributed by atoms with van der Waals surface area (Å²) in [5.74, 6) is 1.14. The molecule has 21 heavy (non-hydrogen) atoms. The first-order chi connectivity index (χ1) is 10.1. The quantitative estimate of drug-likeness (QED) is 0.857. The molecule has 0 atom stereocenters. The van der Waals surface area contributed by atoms with Crippen molar-refractivity contribution >= 4 is 11.8 Å². The Morgan fingerprint density at radius 1 is 1.24 bits per heavy atom. The van der Waals surface area contributed by atoms with Crippen LogP contribution in [0.15, 0.2) is 42.6 Å². The zero-order chi connectivity index (χ0) is 15.1. The van der Waals surface area contributed by atoms with E-state index in [1.165, 1.54) is 5.56 Å². The van der Waals surface area contributed by atoms with Gasteiger partial charge in [0.2, 0.25) is 0 Å². The smallest absolute Gasteiger partial charge is 0.320 e. The third-order valence-electron chi connectivity index (χ3n) is 3.08. The number of anilines is 1. The average molecular weight is 286 g/mol. The van der Waals surface area contributed by atoms with Gasteiger partial charge in [-0.25, -0.2) is 4.79 Å². The van der Waals surface area contributed by atoms with Crippen molar-refractivity contribution in [3.05, 3.63) is 48.2 Å². The fraction of sp³-hybridized carbons (Fsp3) is 0.375. The number of urea groups is 1. The zero-order valence-corrected chi connectivity index (χ0v) is 12.5. The van der Waals surface area contributed by atoms with Crippen LogP contribution in [0.1, 0.15) is 25.8 Å². The molecule has 0 unspecified atom stereocenters. The first-order valence-corrected chi connectivity index (χ1v) is 7.25. The van der Waals surface area contributed by atoms with Gasteiger partial charge < -0.3 is 5.32 Å². The number of carbonyl (C=O) groups excluding carboxylic acids is 1. The lowest BCUT2D eigenvalue weighted by Gasteiger charge is -2.07. The molecule has 0 fully saturated rings. The third-order valence-corrected chi connectivity index (χ3v) is 3.08. The molecule has 2 amide bonds. The van der Waals surface area contributed by atoms with Crippen LogP contribution in [0.5, 0.6) is 0 Å². The predicted molar refractivity (Wildman–Crippen MR) is 84.2 cm³/mol. The third kappa shape index (κ3) is 5.30. The van der Waals surface area contributed by atoms with Gasteiger partial charge in [0.25, 0.3) is 0 Å². The lowest BCUT2D eigenvalue weighted by atomic mass is 10.1. The van der Waals surface area contributed by atoms with E-state index in [1.807, 2.05) is 36.5 Å². The minimum atomic E-state index is -0.208. The summed E-state index contributed by atoms with van der Waals surface area (Å²) in [6, 6.07) is 11.7. The van der Waals surface area contributed by atoms with Gasteiger partial charge in [-0.2, -0.15) is 5.10 Å². The highest BCUT2D eigenvalue weighted by Gasteiger charge is 2.05. The van der Waals surface area contributed by atoms with Crippen molar-refractivity contribution < 1.29 is 4.79 Å². The van der Waals surface area contributed by atoms with Crippen LogP contribution in [0.2, 0.25) is 0 Å². The molecule has 0 aliphatic heterocycles. The highest BCUT2D eigenvalue weighted by molar-refractivity contribution is 5.88. The minimum Gasteiger partial charge on any atom is -0.338 e. The lowest BCUT2D eigenvalue weighted by molar-refractivity contribution is 0.251. The number of nitrogens with one attached hydrogen (secondary N) is 2. The van der Waals surface area contributed by atoms with Gasteiger partial charge in [-0.05, 0) is 17.9 Å². The number of benzene rings is 1. The monoisotopic (exact) mass is 286 g/mol. The molecule has 0 saturated heterocycles. The molecule has 2 N–H and O–H groups in total. The Morgan fingerprint density at radius 3 is 2.71 bits per heavy atom. The van der Waals surface area contributed by atoms with E-state index >= 15 is 0 Å². The molecule has 5 heteroatoms. The number of rotatable bonds is 6. The van der Waals surface area contributed by atoms with Crippen LogP contribution < -0.4 is 10.6 Å². The summed E-state index contributed by atoms with van der Waals surface area (Å²) >= 11 is 0. The molecule has 0 saturated carbocycles. The minimum absolute atomic E-state index is 0.208. The number of hydrogen-bond acceptors (Lipinski definition) is 2. The van der Waals surface area contributed by atoms with Gasteiger partial charge in [-0.1, -0.05) is 44.2 Å². The number of aromatic nitrogens is 2. The summed E-state index contributed by atoms with van der Waals surface area (Å²) in [5, 5.41) is 9.90. The molecule has 0 aliphatic carbocycles. The largest absolute Gasteiger partial charge is 0.338 e. The topological polar surface area (TPSA) is 59.0 Å². The SMILES string of the molecule is CC(C)CCNC(=O)Nc1ccn(Cc2ccccc2)n1. The van der Waals surface area contributed by atoms with Gasteiger partial charge in [-0.3, -0.25) is 10.00 Å². The molecule has 1 heterocycles. The van der Waals surface area contributed by atoms with Crippen molar-refractivity contribution in [2.24, 2.45) is 5.92 Å². The van der Waals surface area contributed by atoms with E-state index in [1.54, 1.807) is 10.7 Å². The Balaban J connectivity index is 1.81. The van der Waals surface area contributed by atoms with Gasteiger partial charge >= 0.3 is 6.03 Å². The molecule has 2 rings (SSSR count). The maximum absolute atomic E-state index is 11.7. The Morgan fingerprint density at radius 2 is 2.00 bits per heavy atom. The molecule has 1 aromatic carbocycles. The van der Waals surface area contributed by atoms with Crippen LogP contribution in [0.3, 0.4) is 0 Å². The van der Waals surface area contributed by atoms with E-state index in [2.05, 4.69) is 29.6 Å². The summed E-state index contributed by atoms with van der Waals surface area (Å²) in [6.45, 7) is 5.63. The molecular weight excluding hydrogens is 264 g/mol. The van der Waals surface area contributed by atoms with Gasteiger partial charge in [-0.15, -0.1) is 0 Å². The molecule has 1 aromatic heterocycles. The zero-order valence-electron chi connectivity index (χ0n) is 12.5. The molecule has 0 bridgehead atoms. The fourth-order valence-electron chi connectivity index (χ4n) is 1.92. The van der Waals surface area contributed by atoms with Gasteiger partial charge in [0.05, 0.1) is 6.54 Å². The van der Waals surface area contributed by atoms with Crippen molar-refractivity contribution in [2.45, 2.75) is 26.8 Å². The Bertz CT molecular complexity index is 563.